The molecule has 0 radical (unpaired) electrons. The van der Waals surface area contributed by atoms with Crippen molar-refractivity contribution in [2.75, 3.05) is 25.1 Å². The first-order valence-electron chi connectivity index (χ1n) is 6.62. The number of hydrogen-bond acceptors (Lipinski definition) is 3. The lowest BCUT2D eigenvalue weighted by molar-refractivity contribution is 0.259. The Morgan fingerprint density at radius 3 is 2.74 bits per heavy atom. The number of aryl methyl sites for hydroxylation is 1. The highest BCUT2D eigenvalue weighted by atomic mass is 79.9. The van der Waals surface area contributed by atoms with Crippen LogP contribution in [0.4, 0.5) is 0 Å². The van der Waals surface area contributed by atoms with Gasteiger partial charge in [-0.15, -0.1) is 0 Å². The second kappa shape index (κ2) is 6.37. The number of nitrogens with zero attached hydrogens (tertiary/aromatic N) is 1. The fourth-order valence-electron chi connectivity index (χ4n) is 2.53. The molecule has 1 saturated heterocycles. The van der Waals surface area contributed by atoms with Gasteiger partial charge < -0.3 is 4.90 Å². The van der Waals surface area contributed by atoms with Crippen LogP contribution in [-0.2, 0) is 16.3 Å². The molecule has 1 heterocycles. The molecule has 1 aliphatic rings. The zero-order valence-electron chi connectivity index (χ0n) is 11.2. The Balaban J connectivity index is 1.79. The van der Waals surface area contributed by atoms with E-state index in [1.165, 1.54) is 5.56 Å². The Bertz CT molecular complexity index is 530. The van der Waals surface area contributed by atoms with Crippen molar-refractivity contribution in [1.29, 1.82) is 0 Å². The van der Waals surface area contributed by atoms with E-state index in [4.69, 9.17) is 0 Å². The molecule has 106 valence electrons. The zero-order valence-corrected chi connectivity index (χ0v) is 13.6. The number of sulfone groups is 1. The summed E-state index contributed by atoms with van der Waals surface area (Å²) in [6.07, 6.45) is 2.86. The minimum Gasteiger partial charge on any atom is -0.302 e. The highest BCUT2D eigenvalue weighted by Gasteiger charge is 2.30. The molecule has 1 fully saturated rings. The Labute approximate surface area is 124 Å². The van der Waals surface area contributed by atoms with Gasteiger partial charge in [-0.05, 0) is 44.5 Å². The van der Waals surface area contributed by atoms with Crippen molar-refractivity contribution in [3.63, 3.8) is 0 Å². The molecule has 19 heavy (non-hydrogen) atoms. The second-order valence-corrected chi connectivity index (χ2v) is 8.32. The molecule has 0 spiro atoms. The Kier molecular flexibility index (Phi) is 5.03. The van der Waals surface area contributed by atoms with Gasteiger partial charge in [-0.3, -0.25) is 0 Å². The van der Waals surface area contributed by atoms with Gasteiger partial charge in [0.15, 0.2) is 9.84 Å². The Morgan fingerprint density at radius 1 is 1.37 bits per heavy atom. The minimum atomic E-state index is -2.77. The molecule has 1 aromatic carbocycles. The van der Waals surface area contributed by atoms with Crippen LogP contribution in [0.2, 0.25) is 0 Å². The van der Waals surface area contributed by atoms with E-state index >= 15 is 0 Å². The summed E-state index contributed by atoms with van der Waals surface area (Å²) >= 11 is 3.55. The van der Waals surface area contributed by atoms with Crippen LogP contribution < -0.4 is 0 Å². The van der Waals surface area contributed by atoms with Crippen molar-refractivity contribution in [2.45, 2.75) is 25.3 Å². The molecule has 0 amide bonds. The van der Waals surface area contributed by atoms with E-state index in [0.29, 0.717) is 11.5 Å². The standard InChI is InChI=1S/C14H20BrNO2S/c1-16(13-8-10-19(17,18)11-13)9-4-6-12-5-2-3-7-14(12)15/h2-3,5,7,13H,4,6,8-11H2,1H3/t13-/m1/s1. The summed E-state index contributed by atoms with van der Waals surface area (Å²) < 4.78 is 24.1. The van der Waals surface area contributed by atoms with Crippen LogP contribution in [0.3, 0.4) is 0 Å². The average molecular weight is 346 g/mol. The number of hydrogen-bond donors (Lipinski definition) is 0. The van der Waals surface area contributed by atoms with Gasteiger partial charge >= 0.3 is 0 Å². The quantitative estimate of drug-likeness (QED) is 0.822. The molecule has 0 aliphatic carbocycles. The summed E-state index contributed by atoms with van der Waals surface area (Å²) in [6, 6.07) is 8.47. The first-order chi connectivity index (χ1) is 8.98. The predicted molar refractivity (Wildman–Crippen MR) is 82.2 cm³/mol. The van der Waals surface area contributed by atoms with Crippen LogP contribution >= 0.6 is 15.9 Å². The first kappa shape index (κ1) is 15.0. The molecule has 5 heteroatoms. The van der Waals surface area contributed by atoms with E-state index in [9.17, 15) is 8.42 Å². The molecule has 1 atom stereocenters. The molecule has 0 unspecified atom stereocenters. The summed E-state index contributed by atoms with van der Waals surface area (Å²) in [7, 11) is -0.740. The summed E-state index contributed by atoms with van der Waals surface area (Å²) in [4.78, 5) is 2.20. The molecule has 0 bridgehead atoms. The largest absolute Gasteiger partial charge is 0.302 e. The molecular formula is C14H20BrNO2S. The topological polar surface area (TPSA) is 37.4 Å². The number of rotatable bonds is 5. The third-order valence-corrected chi connectivity index (χ3v) is 6.27. The van der Waals surface area contributed by atoms with E-state index in [2.05, 4.69) is 33.0 Å². The summed E-state index contributed by atoms with van der Waals surface area (Å²) in [5.41, 5.74) is 1.31. The van der Waals surface area contributed by atoms with Crippen molar-refractivity contribution in [2.24, 2.45) is 0 Å². The van der Waals surface area contributed by atoms with Crippen molar-refractivity contribution >= 4 is 25.8 Å². The van der Waals surface area contributed by atoms with Crippen LogP contribution in [0, 0.1) is 0 Å². The van der Waals surface area contributed by atoms with Crippen molar-refractivity contribution < 1.29 is 8.42 Å². The lowest BCUT2D eigenvalue weighted by Gasteiger charge is -2.22. The fourth-order valence-corrected chi connectivity index (χ4v) is 4.81. The van der Waals surface area contributed by atoms with E-state index in [0.717, 1.165) is 30.3 Å². The monoisotopic (exact) mass is 345 g/mol. The molecule has 0 N–H and O–H groups in total. The van der Waals surface area contributed by atoms with Crippen LogP contribution in [0.25, 0.3) is 0 Å². The van der Waals surface area contributed by atoms with E-state index in [-0.39, 0.29) is 6.04 Å². The zero-order chi connectivity index (χ0) is 13.9. The van der Waals surface area contributed by atoms with Crippen molar-refractivity contribution in [3.8, 4) is 0 Å². The van der Waals surface area contributed by atoms with Gasteiger partial charge in [0, 0.05) is 10.5 Å². The third kappa shape index (κ3) is 4.29. The lowest BCUT2D eigenvalue weighted by Crippen LogP contribution is -2.33. The maximum absolute atomic E-state index is 11.5. The van der Waals surface area contributed by atoms with Gasteiger partial charge in [0.1, 0.15) is 0 Å². The summed E-state index contributed by atoms with van der Waals surface area (Å²) in [5.74, 6) is 0.685. The average Bonchev–Trinajstić information content (AvgIpc) is 2.72. The Hall–Kier alpha value is -0.390. The van der Waals surface area contributed by atoms with Gasteiger partial charge in [-0.25, -0.2) is 8.42 Å². The Morgan fingerprint density at radius 2 is 2.11 bits per heavy atom. The van der Waals surface area contributed by atoms with Gasteiger partial charge in [-0.1, -0.05) is 34.1 Å². The molecule has 0 saturated carbocycles. The molecule has 1 aromatic rings. The SMILES string of the molecule is CN(CCCc1ccccc1Br)[C@@H]1CCS(=O)(=O)C1. The van der Waals surface area contributed by atoms with E-state index < -0.39 is 9.84 Å². The van der Waals surface area contributed by atoms with Gasteiger partial charge in [0.05, 0.1) is 11.5 Å². The first-order valence-corrected chi connectivity index (χ1v) is 9.23. The number of benzene rings is 1. The minimum absolute atomic E-state index is 0.212. The van der Waals surface area contributed by atoms with Crippen LogP contribution in [-0.4, -0.2) is 44.5 Å². The maximum atomic E-state index is 11.5. The van der Waals surface area contributed by atoms with Crippen LogP contribution in [0.15, 0.2) is 28.7 Å². The second-order valence-electron chi connectivity index (χ2n) is 5.23. The van der Waals surface area contributed by atoms with Gasteiger partial charge in [0.25, 0.3) is 0 Å². The van der Waals surface area contributed by atoms with E-state index in [1.54, 1.807) is 0 Å². The van der Waals surface area contributed by atoms with Crippen LogP contribution in [0.5, 0.6) is 0 Å². The maximum Gasteiger partial charge on any atom is 0.151 e. The molecule has 2 rings (SSSR count). The highest BCUT2D eigenvalue weighted by molar-refractivity contribution is 9.10. The predicted octanol–water partition coefficient (Wildman–Crippen LogP) is 2.50. The van der Waals surface area contributed by atoms with Gasteiger partial charge in [0.2, 0.25) is 0 Å². The van der Waals surface area contributed by atoms with Gasteiger partial charge in [-0.2, -0.15) is 0 Å². The number of halogens is 1. The summed E-state index contributed by atoms with van der Waals surface area (Å²) in [5, 5.41) is 0. The molecule has 0 aromatic heterocycles. The molecular weight excluding hydrogens is 326 g/mol. The fraction of sp³-hybridized carbons (Fsp3) is 0.571. The van der Waals surface area contributed by atoms with Crippen molar-refractivity contribution in [1.82, 2.24) is 4.90 Å². The van der Waals surface area contributed by atoms with Crippen molar-refractivity contribution in [3.05, 3.63) is 34.3 Å². The normalized spacial score (nSPS) is 21.9. The lowest BCUT2D eigenvalue weighted by atomic mass is 10.1. The summed E-state index contributed by atoms with van der Waals surface area (Å²) in [6.45, 7) is 0.946. The third-order valence-electron chi connectivity index (χ3n) is 3.75. The van der Waals surface area contributed by atoms with Crippen LogP contribution in [0.1, 0.15) is 18.4 Å². The molecule has 1 aliphatic heterocycles. The van der Waals surface area contributed by atoms with E-state index in [1.807, 2.05) is 19.2 Å². The smallest absolute Gasteiger partial charge is 0.151 e. The highest BCUT2D eigenvalue weighted by Crippen LogP contribution is 2.19. The molecule has 3 nitrogen and oxygen atoms in total.